The molecule has 1 aliphatic rings. The van der Waals surface area contributed by atoms with E-state index >= 15 is 0 Å². The van der Waals surface area contributed by atoms with Gasteiger partial charge in [0.25, 0.3) is 10.0 Å². The summed E-state index contributed by atoms with van der Waals surface area (Å²) in [6.45, 7) is 1.84. The van der Waals surface area contributed by atoms with Crippen LogP contribution in [-0.4, -0.2) is 26.9 Å². The minimum Gasteiger partial charge on any atom is -0.302 e. The zero-order valence-corrected chi connectivity index (χ0v) is 15.5. The van der Waals surface area contributed by atoms with Crippen LogP contribution in [0.1, 0.15) is 17.5 Å². The van der Waals surface area contributed by atoms with Gasteiger partial charge in [0.1, 0.15) is 4.90 Å². The molecule has 1 aliphatic heterocycles. The number of nitrogens with zero attached hydrogens (tertiary/aromatic N) is 1. The summed E-state index contributed by atoms with van der Waals surface area (Å²) in [7, 11) is -1.73. The van der Waals surface area contributed by atoms with Gasteiger partial charge in [-0.2, -0.15) is 0 Å². The SMILES string of the molecule is CN1CCCc2ccc(NS(=O)(=O)c3cccc(Cl)c3Cl)cc2C1. The molecule has 1 heterocycles. The predicted octanol–water partition coefficient (Wildman–Crippen LogP) is 4.17. The molecule has 0 aromatic heterocycles. The molecule has 2 aromatic rings. The van der Waals surface area contributed by atoms with Crippen LogP contribution < -0.4 is 4.72 Å². The van der Waals surface area contributed by atoms with Gasteiger partial charge in [0.2, 0.25) is 0 Å². The number of sulfonamides is 1. The summed E-state index contributed by atoms with van der Waals surface area (Å²) in [6, 6.07) is 10.2. The Bertz CT molecular complexity index is 869. The normalized spacial score (nSPS) is 15.6. The number of nitrogens with one attached hydrogen (secondary N) is 1. The Morgan fingerprint density at radius 2 is 1.92 bits per heavy atom. The highest BCUT2D eigenvalue weighted by molar-refractivity contribution is 7.92. The first-order valence-electron chi connectivity index (χ1n) is 7.64. The van der Waals surface area contributed by atoms with Gasteiger partial charge >= 0.3 is 0 Å². The van der Waals surface area contributed by atoms with Crippen molar-refractivity contribution in [2.75, 3.05) is 18.3 Å². The van der Waals surface area contributed by atoms with Crippen LogP contribution in [-0.2, 0) is 23.0 Å². The summed E-state index contributed by atoms with van der Waals surface area (Å²) in [5.41, 5.74) is 2.94. The van der Waals surface area contributed by atoms with E-state index in [2.05, 4.69) is 16.7 Å². The summed E-state index contributed by atoms with van der Waals surface area (Å²) in [5.74, 6) is 0. The van der Waals surface area contributed by atoms with Gasteiger partial charge < -0.3 is 4.90 Å². The molecule has 0 amide bonds. The first kappa shape index (κ1) is 17.5. The number of anilines is 1. The Balaban J connectivity index is 1.92. The van der Waals surface area contributed by atoms with Crippen LogP contribution >= 0.6 is 23.2 Å². The van der Waals surface area contributed by atoms with Crippen molar-refractivity contribution < 1.29 is 8.42 Å². The van der Waals surface area contributed by atoms with E-state index in [9.17, 15) is 8.42 Å². The predicted molar refractivity (Wildman–Crippen MR) is 98.4 cm³/mol. The lowest BCUT2D eigenvalue weighted by molar-refractivity contribution is 0.332. The third-order valence-corrected chi connectivity index (χ3v) is 6.44. The molecule has 0 radical (unpaired) electrons. The van der Waals surface area contributed by atoms with Crippen molar-refractivity contribution in [3.05, 3.63) is 57.6 Å². The fraction of sp³-hybridized carbons (Fsp3) is 0.294. The zero-order valence-electron chi connectivity index (χ0n) is 13.2. The van der Waals surface area contributed by atoms with E-state index in [1.165, 1.54) is 11.6 Å². The standard InChI is InChI=1S/C17H18Cl2N2O2S/c1-21-9-3-4-12-7-8-14(10-13(12)11-21)20-24(22,23)16-6-2-5-15(18)17(16)19/h2,5-8,10,20H,3-4,9,11H2,1H3. The van der Waals surface area contributed by atoms with Crippen LogP contribution in [0.5, 0.6) is 0 Å². The second kappa shape index (κ2) is 6.92. The smallest absolute Gasteiger partial charge is 0.263 e. The van der Waals surface area contributed by atoms with Gasteiger partial charge in [0.15, 0.2) is 0 Å². The Morgan fingerprint density at radius 1 is 1.12 bits per heavy atom. The number of hydrogen-bond donors (Lipinski definition) is 1. The average molecular weight is 385 g/mol. The second-order valence-electron chi connectivity index (χ2n) is 5.98. The molecule has 0 atom stereocenters. The van der Waals surface area contributed by atoms with Gasteiger partial charge in [-0.15, -0.1) is 0 Å². The zero-order chi connectivity index (χ0) is 17.3. The van der Waals surface area contributed by atoms with Gasteiger partial charge in [0.05, 0.1) is 10.0 Å². The van der Waals surface area contributed by atoms with Crippen molar-refractivity contribution >= 4 is 38.9 Å². The molecule has 0 unspecified atom stereocenters. The third-order valence-electron chi connectivity index (χ3n) is 4.09. The fourth-order valence-electron chi connectivity index (χ4n) is 2.89. The van der Waals surface area contributed by atoms with Gasteiger partial charge in [-0.05, 0) is 61.8 Å². The van der Waals surface area contributed by atoms with Crippen molar-refractivity contribution in [3.8, 4) is 0 Å². The average Bonchev–Trinajstić information content (AvgIpc) is 2.69. The molecule has 7 heteroatoms. The van der Waals surface area contributed by atoms with E-state index in [1.807, 2.05) is 12.1 Å². The third kappa shape index (κ3) is 3.70. The number of aryl methyl sites for hydroxylation is 1. The Morgan fingerprint density at radius 3 is 2.71 bits per heavy atom. The highest BCUT2D eigenvalue weighted by atomic mass is 35.5. The van der Waals surface area contributed by atoms with Crippen LogP contribution in [0, 0.1) is 0 Å². The molecular formula is C17H18Cl2N2O2S. The van der Waals surface area contributed by atoms with Crippen LogP contribution in [0.4, 0.5) is 5.69 Å². The van der Waals surface area contributed by atoms with E-state index in [1.54, 1.807) is 18.2 Å². The lowest BCUT2D eigenvalue weighted by Crippen LogP contribution is -2.17. The molecule has 0 bridgehead atoms. The maximum atomic E-state index is 12.6. The Hall–Kier alpha value is -1.27. The molecule has 3 rings (SSSR count). The largest absolute Gasteiger partial charge is 0.302 e. The van der Waals surface area contributed by atoms with Crippen LogP contribution in [0.15, 0.2) is 41.3 Å². The fourth-order valence-corrected chi connectivity index (χ4v) is 4.70. The number of rotatable bonds is 3. The molecule has 0 fully saturated rings. The van der Waals surface area contributed by atoms with Gasteiger partial charge in [-0.25, -0.2) is 8.42 Å². The van der Waals surface area contributed by atoms with Crippen molar-refractivity contribution in [3.63, 3.8) is 0 Å². The highest BCUT2D eigenvalue weighted by Gasteiger charge is 2.20. The summed E-state index contributed by atoms with van der Waals surface area (Å²) in [6.07, 6.45) is 2.11. The van der Waals surface area contributed by atoms with Crippen LogP contribution in [0.2, 0.25) is 10.0 Å². The van der Waals surface area contributed by atoms with E-state index in [-0.39, 0.29) is 14.9 Å². The topological polar surface area (TPSA) is 49.4 Å². The molecule has 0 aliphatic carbocycles. The maximum absolute atomic E-state index is 12.6. The first-order chi connectivity index (χ1) is 11.4. The molecule has 0 saturated carbocycles. The molecule has 24 heavy (non-hydrogen) atoms. The van der Waals surface area contributed by atoms with Gasteiger partial charge in [-0.3, -0.25) is 4.72 Å². The molecule has 4 nitrogen and oxygen atoms in total. The van der Waals surface area contributed by atoms with Crippen molar-refractivity contribution in [2.24, 2.45) is 0 Å². The van der Waals surface area contributed by atoms with Crippen molar-refractivity contribution in [1.29, 1.82) is 0 Å². The maximum Gasteiger partial charge on any atom is 0.263 e. The number of halogens is 2. The number of hydrogen-bond acceptors (Lipinski definition) is 3. The molecule has 0 saturated heterocycles. The Labute approximate surface area is 152 Å². The monoisotopic (exact) mass is 384 g/mol. The lowest BCUT2D eigenvalue weighted by atomic mass is 10.0. The second-order valence-corrected chi connectivity index (χ2v) is 8.42. The van der Waals surface area contributed by atoms with Crippen molar-refractivity contribution in [2.45, 2.75) is 24.3 Å². The van der Waals surface area contributed by atoms with Crippen molar-refractivity contribution in [1.82, 2.24) is 4.90 Å². The van der Waals surface area contributed by atoms with E-state index in [0.29, 0.717) is 5.69 Å². The lowest BCUT2D eigenvalue weighted by Gasteiger charge is -2.15. The Kier molecular flexibility index (Phi) is 5.06. The first-order valence-corrected chi connectivity index (χ1v) is 9.88. The summed E-state index contributed by atoms with van der Waals surface area (Å²) >= 11 is 12.0. The minimum atomic E-state index is -3.80. The minimum absolute atomic E-state index is 0.0243. The quantitative estimate of drug-likeness (QED) is 0.863. The summed E-state index contributed by atoms with van der Waals surface area (Å²) in [4.78, 5) is 2.21. The molecule has 0 spiro atoms. The van der Waals surface area contributed by atoms with Gasteiger partial charge in [0, 0.05) is 12.2 Å². The number of benzene rings is 2. The highest BCUT2D eigenvalue weighted by Crippen LogP contribution is 2.30. The van der Waals surface area contributed by atoms with Crippen LogP contribution in [0.25, 0.3) is 0 Å². The van der Waals surface area contributed by atoms with E-state index in [4.69, 9.17) is 23.2 Å². The summed E-state index contributed by atoms with van der Waals surface area (Å²) < 4.78 is 27.8. The number of fused-ring (bicyclic) bond motifs is 1. The molecule has 1 N–H and O–H groups in total. The summed E-state index contributed by atoms with van der Waals surface area (Å²) in [5, 5.41) is 0.240. The molecule has 2 aromatic carbocycles. The van der Waals surface area contributed by atoms with Crippen LogP contribution in [0.3, 0.4) is 0 Å². The molecular weight excluding hydrogens is 367 g/mol. The molecule has 128 valence electrons. The van der Waals surface area contributed by atoms with E-state index < -0.39 is 10.0 Å². The van der Waals surface area contributed by atoms with Gasteiger partial charge in [-0.1, -0.05) is 35.3 Å². The van der Waals surface area contributed by atoms with E-state index in [0.717, 1.165) is 31.5 Å².